The average Bonchev–Trinajstić information content (AvgIpc) is 2.98. The van der Waals surface area contributed by atoms with Gasteiger partial charge in [-0.05, 0) is 12.5 Å². The zero-order valence-electron chi connectivity index (χ0n) is 12.4. The zero-order valence-corrected chi connectivity index (χ0v) is 12.4. The summed E-state index contributed by atoms with van der Waals surface area (Å²) in [6.07, 6.45) is 0. The molecule has 1 aromatic heterocycles. The third-order valence-electron chi connectivity index (χ3n) is 3.55. The summed E-state index contributed by atoms with van der Waals surface area (Å²) in [6, 6.07) is 11.3. The van der Waals surface area contributed by atoms with Crippen LogP contribution >= 0.6 is 0 Å². The minimum atomic E-state index is -0.552. The van der Waals surface area contributed by atoms with Gasteiger partial charge in [0.15, 0.2) is 5.69 Å². The molecule has 2 aromatic rings. The van der Waals surface area contributed by atoms with Crippen molar-refractivity contribution in [2.24, 2.45) is 5.73 Å². The van der Waals surface area contributed by atoms with Crippen LogP contribution in [0, 0.1) is 11.3 Å². The van der Waals surface area contributed by atoms with E-state index in [1.807, 2.05) is 30.3 Å². The van der Waals surface area contributed by atoms with Gasteiger partial charge in [0.05, 0.1) is 18.1 Å². The molecule has 7 heteroatoms. The van der Waals surface area contributed by atoms with E-state index in [4.69, 9.17) is 15.2 Å². The quantitative estimate of drug-likeness (QED) is 0.836. The molecule has 116 valence electrons. The monoisotopic (exact) mass is 310 g/mol. The lowest BCUT2D eigenvalue weighted by atomic mass is 9.84. The number of allylic oxidation sites excluding steroid dienone is 1. The summed E-state index contributed by atoms with van der Waals surface area (Å²) >= 11 is 0. The average molecular weight is 310 g/mol. The molecule has 1 atom stereocenters. The molecule has 1 aliphatic heterocycles. The summed E-state index contributed by atoms with van der Waals surface area (Å²) in [4.78, 5) is 12.2. The van der Waals surface area contributed by atoms with E-state index in [0.717, 1.165) is 5.56 Å². The second-order valence-electron chi connectivity index (χ2n) is 4.87. The summed E-state index contributed by atoms with van der Waals surface area (Å²) in [5.41, 5.74) is 7.50. The van der Waals surface area contributed by atoms with E-state index in [2.05, 4.69) is 16.3 Å². The number of nitrogens with two attached hydrogens (primary N) is 1. The van der Waals surface area contributed by atoms with Crippen molar-refractivity contribution >= 4 is 5.97 Å². The Bertz CT molecular complexity index is 818. The number of aromatic amines is 1. The molecule has 23 heavy (non-hydrogen) atoms. The van der Waals surface area contributed by atoms with Gasteiger partial charge in [-0.1, -0.05) is 30.3 Å². The molecule has 0 spiro atoms. The molecule has 0 aliphatic carbocycles. The predicted octanol–water partition coefficient (Wildman–Crippen LogP) is 1.80. The fourth-order valence-corrected chi connectivity index (χ4v) is 2.58. The third-order valence-corrected chi connectivity index (χ3v) is 3.55. The van der Waals surface area contributed by atoms with E-state index >= 15 is 0 Å². The Morgan fingerprint density at radius 1 is 1.48 bits per heavy atom. The highest BCUT2D eigenvalue weighted by atomic mass is 16.5. The molecule has 3 rings (SSSR count). The van der Waals surface area contributed by atoms with E-state index in [0.29, 0.717) is 5.56 Å². The van der Waals surface area contributed by atoms with E-state index < -0.39 is 11.9 Å². The van der Waals surface area contributed by atoms with Crippen LogP contribution in [-0.2, 0) is 4.74 Å². The van der Waals surface area contributed by atoms with Crippen molar-refractivity contribution in [3.63, 3.8) is 0 Å². The molecule has 0 saturated heterocycles. The van der Waals surface area contributed by atoms with E-state index in [1.54, 1.807) is 6.92 Å². The van der Waals surface area contributed by atoms with Crippen LogP contribution in [0.5, 0.6) is 5.88 Å². The first-order chi connectivity index (χ1) is 11.2. The van der Waals surface area contributed by atoms with Gasteiger partial charge in [0.25, 0.3) is 0 Å². The van der Waals surface area contributed by atoms with Crippen LogP contribution in [-0.4, -0.2) is 22.8 Å². The summed E-state index contributed by atoms with van der Waals surface area (Å²) in [6.45, 7) is 1.94. The largest absolute Gasteiger partial charge is 0.461 e. The first-order valence-electron chi connectivity index (χ1n) is 7.05. The Hall–Kier alpha value is -3.27. The fraction of sp³-hybridized carbons (Fsp3) is 0.188. The van der Waals surface area contributed by atoms with Crippen molar-refractivity contribution in [3.05, 3.63) is 58.6 Å². The van der Waals surface area contributed by atoms with Gasteiger partial charge in [-0.2, -0.15) is 5.26 Å². The van der Waals surface area contributed by atoms with Crippen LogP contribution in [0.1, 0.15) is 34.5 Å². The first kappa shape index (κ1) is 14.7. The fourth-order valence-electron chi connectivity index (χ4n) is 2.58. The lowest BCUT2D eigenvalue weighted by molar-refractivity contribution is 0.0518. The number of benzene rings is 1. The molecule has 0 bridgehead atoms. The van der Waals surface area contributed by atoms with Crippen molar-refractivity contribution in [3.8, 4) is 11.9 Å². The molecule has 3 N–H and O–H groups in total. The summed E-state index contributed by atoms with van der Waals surface area (Å²) < 4.78 is 10.4. The van der Waals surface area contributed by atoms with Crippen molar-refractivity contribution < 1.29 is 14.3 Å². The van der Waals surface area contributed by atoms with E-state index in [9.17, 15) is 10.1 Å². The van der Waals surface area contributed by atoms with Gasteiger partial charge in [0.1, 0.15) is 11.6 Å². The Balaban J connectivity index is 2.19. The van der Waals surface area contributed by atoms with Crippen LogP contribution in [0.2, 0.25) is 0 Å². The molecular formula is C16H14N4O3. The number of esters is 1. The number of nitrogens with one attached hydrogen (secondary N) is 1. The zero-order chi connectivity index (χ0) is 16.4. The standard InChI is InChI=1S/C16H14N4O3/c1-2-22-16(21)13-12-11(9-6-4-3-5-7-9)10(8-17)14(18)23-15(12)20-19-13/h3-7,11H,2,18H2,1H3,(H,19,20)/t11-/m1/s1. The highest BCUT2D eigenvalue weighted by Crippen LogP contribution is 2.42. The third kappa shape index (κ3) is 2.40. The Labute approximate surface area is 132 Å². The Morgan fingerprint density at radius 3 is 2.87 bits per heavy atom. The van der Waals surface area contributed by atoms with Gasteiger partial charge in [0, 0.05) is 0 Å². The minimum Gasteiger partial charge on any atom is -0.461 e. The van der Waals surface area contributed by atoms with Gasteiger partial charge in [-0.15, -0.1) is 5.10 Å². The van der Waals surface area contributed by atoms with Gasteiger partial charge in [-0.3, -0.25) is 5.10 Å². The molecule has 1 aliphatic rings. The summed E-state index contributed by atoms with van der Waals surface area (Å²) in [5.74, 6) is -0.930. The van der Waals surface area contributed by atoms with Crippen LogP contribution in [0.15, 0.2) is 41.8 Å². The molecule has 0 fully saturated rings. The molecule has 0 amide bonds. The van der Waals surface area contributed by atoms with Gasteiger partial charge in [-0.25, -0.2) is 4.79 Å². The van der Waals surface area contributed by atoms with E-state index in [-0.39, 0.29) is 29.6 Å². The molecule has 1 aromatic carbocycles. The topological polar surface area (TPSA) is 114 Å². The van der Waals surface area contributed by atoms with Crippen LogP contribution in [0.4, 0.5) is 0 Å². The molecule has 7 nitrogen and oxygen atoms in total. The lowest BCUT2D eigenvalue weighted by Crippen LogP contribution is -2.22. The van der Waals surface area contributed by atoms with Crippen LogP contribution in [0.25, 0.3) is 0 Å². The molecule has 0 saturated carbocycles. The number of fused-ring (bicyclic) bond motifs is 1. The number of ether oxygens (including phenoxy) is 2. The predicted molar refractivity (Wildman–Crippen MR) is 80.3 cm³/mol. The first-order valence-corrected chi connectivity index (χ1v) is 7.05. The van der Waals surface area contributed by atoms with Crippen LogP contribution in [0.3, 0.4) is 0 Å². The summed E-state index contributed by atoms with van der Waals surface area (Å²) in [7, 11) is 0. The number of aromatic nitrogens is 2. The van der Waals surface area contributed by atoms with Crippen molar-refractivity contribution in [1.82, 2.24) is 10.2 Å². The number of rotatable bonds is 3. The smallest absolute Gasteiger partial charge is 0.356 e. The van der Waals surface area contributed by atoms with E-state index in [1.165, 1.54) is 0 Å². The second-order valence-corrected chi connectivity index (χ2v) is 4.87. The second kappa shape index (κ2) is 5.85. The molecule has 2 heterocycles. The van der Waals surface area contributed by atoms with Crippen molar-refractivity contribution in [2.45, 2.75) is 12.8 Å². The van der Waals surface area contributed by atoms with Crippen LogP contribution < -0.4 is 10.5 Å². The molecular weight excluding hydrogens is 296 g/mol. The normalized spacial score (nSPS) is 16.3. The minimum absolute atomic E-state index is 0.0178. The van der Waals surface area contributed by atoms with Crippen molar-refractivity contribution in [2.75, 3.05) is 6.61 Å². The van der Waals surface area contributed by atoms with Gasteiger partial charge >= 0.3 is 5.97 Å². The number of nitrogens with zero attached hydrogens (tertiary/aromatic N) is 2. The van der Waals surface area contributed by atoms with Crippen molar-refractivity contribution in [1.29, 1.82) is 5.26 Å². The number of hydrogen-bond donors (Lipinski definition) is 2. The highest BCUT2D eigenvalue weighted by Gasteiger charge is 2.37. The Morgan fingerprint density at radius 2 is 2.22 bits per heavy atom. The van der Waals surface area contributed by atoms with Gasteiger partial charge in [0.2, 0.25) is 11.8 Å². The molecule has 0 unspecified atom stereocenters. The van der Waals surface area contributed by atoms with Gasteiger partial charge < -0.3 is 15.2 Å². The maximum atomic E-state index is 12.2. The number of carbonyl (C=O) groups is 1. The number of hydrogen-bond acceptors (Lipinski definition) is 6. The molecule has 0 radical (unpaired) electrons. The highest BCUT2D eigenvalue weighted by molar-refractivity contribution is 5.90. The maximum absolute atomic E-state index is 12.2. The number of carbonyl (C=O) groups excluding carboxylic acids is 1. The maximum Gasteiger partial charge on any atom is 0.356 e. The summed E-state index contributed by atoms with van der Waals surface area (Å²) in [5, 5.41) is 16.1. The Kier molecular flexibility index (Phi) is 3.73. The lowest BCUT2D eigenvalue weighted by Gasteiger charge is -2.23. The SMILES string of the molecule is CCOC(=O)c1[nH]nc2c1[C@H](c1ccccc1)C(C#N)=C(N)O2. The number of H-pyrrole nitrogens is 1. The number of nitriles is 1.